The van der Waals surface area contributed by atoms with Gasteiger partial charge in [-0.1, -0.05) is 17.7 Å². The summed E-state index contributed by atoms with van der Waals surface area (Å²) in [5, 5.41) is 3.48. The SMILES string of the molecule is Cc1c(Cl)cccc1NC(=O)c1cc(N2CCN(C)CC2)ncn1. The van der Waals surface area contributed by atoms with Gasteiger partial charge in [-0.3, -0.25) is 4.79 Å². The molecule has 7 heteroatoms. The molecule has 0 saturated carbocycles. The Morgan fingerprint density at radius 3 is 2.71 bits per heavy atom. The minimum Gasteiger partial charge on any atom is -0.354 e. The number of anilines is 2. The van der Waals surface area contributed by atoms with E-state index >= 15 is 0 Å². The van der Waals surface area contributed by atoms with E-state index in [1.807, 2.05) is 13.0 Å². The molecule has 126 valence electrons. The Labute approximate surface area is 146 Å². The molecule has 1 aliphatic heterocycles. The molecule has 0 atom stereocenters. The van der Waals surface area contributed by atoms with Crippen LogP contribution in [-0.4, -0.2) is 54.0 Å². The van der Waals surface area contributed by atoms with Crippen molar-refractivity contribution < 1.29 is 4.79 Å². The lowest BCUT2D eigenvalue weighted by molar-refractivity contribution is 0.102. The Kier molecular flexibility index (Phi) is 4.97. The molecular weight excluding hydrogens is 326 g/mol. The van der Waals surface area contributed by atoms with Crippen LogP contribution in [0.5, 0.6) is 0 Å². The Balaban J connectivity index is 1.76. The number of piperazine rings is 1. The quantitative estimate of drug-likeness (QED) is 0.925. The molecule has 1 saturated heterocycles. The molecule has 1 fully saturated rings. The number of rotatable bonds is 3. The first kappa shape index (κ1) is 16.7. The summed E-state index contributed by atoms with van der Waals surface area (Å²) in [5.74, 6) is 0.518. The van der Waals surface area contributed by atoms with Gasteiger partial charge in [0.2, 0.25) is 0 Å². The number of benzene rings is 1. The summed E-state index contributed by atoms with van der Waals surface area (Å²) in [4.78, 5) is 25.3. The summed E-state index contributed by atoms with van der Waals surface area (Å²) in [7, 11) is 2.10. The maximum absolute atomic E-state index is 12.5. The predicted molar refractivity (Wildman–Crippen MR) is 95.9 cm³/mol. The fourth-order valence-electron chi connectivity index (χ4n) is 2.61. The van der Waals surface area contributed by atoms with E-state index in [1.165, 1.54) is 6.33 Å². The highest BCUT2D eigenvalue weighted by Crippen LogP contribution is 2.23. The molecule has 0 bridgehead atoms. The van der Waals surface area contributed by atoms with Crippen molar-refractivity contribution in [1.82, 2.24) is 14.9 Å². The molecule has 0 radical (unpaired) electrons. The third-order valence-corrected chi connectivity index (χ3v) is 4.64. The van der Waals surface area contributed by atoms with Gasteiger partial charge in [-0.2, -0.15) is 0 Å². The molecule has 1 aromatic heterocycles. The highest BCUT2D eigenvalue weighted by atomic mass is 35.5. The summed E-state index contributed by atoms with van der Waals surface area (Å²) in [6, 6.07) is 7.16. The van der Waals surface area contributed by atoms with Crippen LogP contribution in [0.1, 0.15) is 16.1 Å². The van der Waals surface area contributed by atoms with Crippen LogP contribution in [0.4, 0.5) is 11.5 Å². The largest absolute Gasteiger partial charge is 0.354 e. The Morgan fingerprint density at radius 1 is 1.21 bits per heavy atom. The molecule has 6 nitrogen and oxygen atoms in total. The van der Waals surface area contributed by atoms with E-state index in [1.54, 1.807) is 18.2 Å². The van der Waals surface area contributed by atoms with Crippen LogP contribution in [0.25, 0.3) is 0 Å². The zero-order chi connectivity index (χ0) is 17.1. The zero-order valence-corrected chi connectivity index (χ0v) is 14.5. The first-order valence-corrected chi connectivity index (χ1v) is 8.24. The van der Waals surface area contributed by atoms with Crippen molar-refractivity contribution in [3.63, 3.8) is 0 Å². The third-order valence-electron chi connectivity index (χ3n) is 4.23. The van der Waals surface area contributed by atoms with Crippen LogP contribution in [-0.2, 0) is 0 Å². The second-order valence-electron chi connectivity index (χ2n) is 5.92. The maximum atomic E-state index is 12.5. The van der Waals surface area contributed by atoms with E-state index in [2.05, 4.69) is 32.1 Å². The van der Waals surface area contributed by atoms with Gasteiger partial charge in [-0.05, 0) is 31.7 Å². The van der Waals surface area contributed by atoms with Crippen molar-refractivity contribution in [1.29, 1.82) is 0 Å². The van der Waals surface area contributed by atoms with E-state index in [0.29, 0.717) is 16.4 Å². The zero-order valence-electron chi connectivity index (χ0n) is 13.8. The summed E-state index contributed by atoms with van der Waals surface area (Å²) >= 11 is 6.09. The van der Waals surface area contributed by atoms with Gasteiger partial charge in [0.25, 0.3) is 5.91 Å². The van der Waals surface area contributed by atoms with Crippen molar-refractivity contribution in [3.05, 3.63) is 46.9 Å². The van der Waals surface area contributed by atoms with Gasteiger partial charge in [0, 0.05) is 43.0 Å². The summed E-state index contributed by atoms with van der Waals surface area (Å²) < 4.78 is 0. The number of hydrogen-bond acceptors (Lipinski definition) is 5. The Bertz CT molecular complexity index is 744. The first-order chi connectivity index (χ1) is 11.5. The smallest absolute Gasteiger partial charge is 0.274 e. The van der Waals surface area contributed by atoms with Crippen molar-refractivity contribution in [2.45, 2.75) is 6.92 Å². The lowest BCUT2D eigenvalue weighted by Gasteiger charge is -2.33. The topological polar surface area (TPSA) is 61.4 Å². The second kappa shape index (κ2) is 7.15. The second-order valence-corrected chi connectivity index (χ2v) is 6.33. The molecular formula is C17H20ClN5O. The van der Waals surface area contributed by atoms with E-state index < -0.39 is 0 Å². The molecule has 1 aliphatic rings. The molecule has 0 aliphatic carbocycles. The normalized spacial score (nSPS) is 15.4. The number of hydrogen-bond donors (Lipinski definition) is 1. The fourth-order valence-corrected chi connectivity index (χ4v) is 2.78. The molecule has 1 amide bonds. The number of halogens is 1. The minimum atomic E-state index is -0.266. The van der Waals surface area contributed by atoms with E-state index in [4.69, 9.17) is 11.6 Å². The van der Waals surface area contributed by atoms with Gasteiger partial charge in [-0.25, -0.2) is 9.97 Å². The molecule has 1 aromatic carbocycles. The van der Waals surface area contributed by atoms with Gasteiger partial charge in [0.15, 0.2) is 0 Å². The molecule has 1 N–H and O–H groups in total. The molecule has 2 heterocycles. The number of amides is 1. The van der Waals surface area contributed by atoms with Crippen LogP contribution in [0, 0.1) is 6.92 Å². The first-order valence-electron chi connectivity index (χ1n) is 7.86. The molecule has 2 aromatic rings. The van der Waals surface area contributed by atoms with E-state index in [9.17, 15) is 4.79 Å². The summed E-state index contributed by atoms with van der Waals surface area (Å²) in [6.07, 6.45) is 1.44. The number of aromatic nitrogens is 2. The van der Waals surface area contributed by atoms with Crippen LogP contribution >= 0.6 is 11.6 Å². The van der Waals surface area contributed by atoms with Crippen molar-refractivity contribution in [3.8, 4) is 0 Å². The number of carbonyl (C=O) groups excluding carboxylic acids is 1. The Hall–Kier alpha value is -2.18. The average Bonchev–Trinajstić information content (AvgIpc) is 2.60. The lowest BCUT2D eigenvalue weighted by atomic mass is 10.2. The highest BCUT2D eigenvalue weighted by Gasteiger charge is 2.17. The van der Waals surface area contributed by atoms with Crippen LogP contribution in [0.3, 0.4) is 0 Å². The Morgan fingerprint density at radius 2 is 1.96 bits per heavy atom. The van der Waals surface area contributed by atoms with Crippen LogP contribution < -0.4 is 10.2 Å². The van der Waals surface area contributed by atoms with Crippen LogP contribution in [0.15, 0.2) is 30.6 Å². The highest BCUT2D eigenvalue weighted by molar-refractivity contribution is 6.31. The summed E-state index contributed by atoms with van der Waals surface area (Å²) in [6.45, 7) is 5.61. The lowest BCUT2D eigenvalue weighted by Crippen LogP contribution is -2.44. The molecule has 0 unspecified atom stereocenters. The third kappa shape index (κ3) is 3.66. The monoisotopic (exact) mass is 345 g/mol. The number of nitrogens with zero attached hydrogens (tertiary/aromatic N) is 4. The number of likely N-dealkylation sites (N-methyl/N-ethyl adjacent to an activating group) is 1. The van der Waals surface area contributed by atoms with E-state index in [-0.39, 0.29) is 5.91 Å². The van der Waals surface area contributed by atoms with E-state index in [0.717, 1.165) is 37.6 Å². The van der Waals surface area contributed by atoms with Gasteiger partial charge in [0.05, 0.1) is 0 Å². The molecule has 0 spiro atoms. The maximum Gasteiger partial charge on any atom is 0.274 e. The van der Waals surface area contributed by atoms with Crippen molar-refractivity contribution in [2.75, 3.05) is 43.4 Å². The number of nitrogens with one attached hydrogen (secondary N) is 1. The van der Waals surface area contributed by atoms with Gasteiger partial charge < -0.3 is 15.1 Å². The minimum absolute atomic E-state index is 0.266. The fraction of sp³-hybridized carbons (Fsp3) is 0.353. The molecule has 24 heavy (non-hydrogen) atoms. The van der Waals surface area contributed by atoms with Crippen molar-refractivity contribution in [2.24, 2.45) is 0 Å². The van der Waals surface area contributed by atoms with Gasteiger partial charge in [0.1, 0.15) is 17.8 Å². The standard InChI is InChI=1S/C17H20ClN5O/c1-12-13(18)4-3-5-14(12)21-17(24)15-10-16(20-11-19-15)23-8-6-22(2)7-9-23/h3-5,10-11H,6-9H2,1-2H3,(H,21,24). The van der Waals surface area contributed by atoms with Gasteiger partial charge >= 0.3 is 0 Å². The van der Waals surface area contributed by atoms with Crippen LogP contribution in [0.2, 0.25) is 5.02 Å². The van der Waals surface area contributed by atoms with Gasteiger partial charge in [-0.15, -0.1) is 0 Å². The number of carbonyl (C=O) groups is 1. The average molecular weight is 346 g/mol. The summed E-state index contributed by atoms with van der Waals surface area (Å²) in [5.41, 5.74) is 1.87. The predicted octanol–water partition coefficient (Wildman–Crippen LogP) is 2.44. The molecule has 3 rings (SSSR count). The van der Waals surface area contributed by atoms with Crippen molar-refractivity contribution >= 4 is 29.0 Å².